The average Bonchev–Trinajstić information content (AvgIpc) is 3.00. The summed E-state index contributed by atoms with van der Waals surface area (Å²) >= 11 is 0. The maximum Gasteiger partial charge on any atom is 0.232 e. The van der Waals surface area contributed by atoms with Crippen molar-refractivity contribution in [2.45, 2.75) is 12.3 Å². The fraction of sp³-hybridized carbons (Fsp3) is 0.333. The molecule has 1 atom stereocenters. The van der Waals surface area contributed by atoms with Gasteiger partial charge < -0.3 is 14.4 Å². The SMILES string of the molecule is Oc1ccc(-c2noc(C3CCOC3)n2)cc1. The van der Waals surface area contributed by atoms with Crippen LogP contribution in [0, 0.1) is 0 Å². The van der Waals surface area contributed by atoms with Crippen molar-refractivity contribution in [3.05, 3.63) is 30.2 Å². The molecule has 0 spiro atoms. The van der Waals surface area contributed by atoms with Crippen LogP contribution in [0.15, 0.2) is 28.8 Å². The second-order valence-corrected chi connectivity index (χ2v) is 4.06. The normalized spacial score (nSPS) is 19.6. The summed E-state index contributed by atoms with van der Waals surface area (Å²) in [6, 6.07) is 6.72. The van der Waals surface area contributed by atoms with Crippen LogP contribution in [0.2, 0.25) is 0 Å². The molecule has 0 aliphatic carbocycles. The van der Waals surface area contributed by atoms with Crippen LogP contribution in [-0.2, 0) is 4.74 Å². The number of hydrogen-bond donors (Lipinski definition) is 1. The van der Waals surface area contributed by atoms with Crippen molar-refractivity contribution in [2.75, 3.05) is 13.2 Å². The molecule has 0 bridgehead atoms. The van der Waals surface area contributed by atoms with Crippen molar-refractivity contribution >= 4 is 0 Å². The Kier molecular flexibility index (Phi) is 2.53. The van der Waals surface area contributed by atoms with Crippen LogP contribution in [0.4, 0.5) is 0 Å². The molecule has 1 N–H and O–H groups in total. The van der Waals surface area contributed by atoms with Gasteiger partial charge in [0.05, 0.1) is 12.5 Å². The molecular formula is C12H12N2O3. The van der Waals surface area contributed by atoms with Crippen LogP contribution < -0.4 is 0 Å². The lowest BCUT2D eigenvalue weighted by molar-refractivity contribution is 0.189. The second kappa shape index (κ2) is 4.18. The monoisotopic (exact) mass is 232 g/mol. The minimum absolute atomic E-state index is 0.216. The number of aromatic hydroxyl groups is 1. The summed E-state index contributed by atoms with van der Waals surface area (Å²) in [5.74, 6) is 1.62. The predicted molar refractivity (Wildman–Crippen MR) is 59.6 cm³/mol. The molecule has 88 valence electrons. The van der Waals surface area contributed by atoms with E-state index < -0.39 is 0 Å². The molecular weight excluding hydrogens is 220 g/mol. The zero-order valence-corrected chi connectivity index (χ0v) is 9.17. The third-order valence-electron chi connectivity index (χ3n) is 2.85. The van der Waals surface area contributed by atoms with Gasteiger partial charge in [-0.25, -0.2) is 0 Å². The van der Waals surface area contributed by atoms with Crippen molar-refractivity contribution in [3.8, 4) is 17.1 Å². The van der Waals surface area contributed by atoms with Gasteiger partial charge in [0.1, 0.15) is 5.75 Å². The van der Waals surface area contributed by atoms with Crippen LogP contribution in [0.3, 0.4) is 0 Å². The van der Waals surface area contributed by atoms with E-state index in [2.05, 4.69) is 10.1 Å². The Morgan fingerprint density at radius 3 is 2.76 bits per heavy atom. The Balaban J connectivity index is 1.86. The second-order valence-electron chi connectivity index (χ2n) is 4.06. The minimum atomic E-state index is 0.216. The number of benzene rings is 1. The molecule has 0 saturated carbocycles. The van der Waals surface area contributed by atoms with Crippen LogP contribution in [-0.4, -0.2) is 28.5 Å². The Bertz CT molecular complexity index is 501. The summed E-state index contributed by atoms with van der Waals surface area (Å²) in [7, 11) is 0. The third kappa shape index (κ3) is 2.01. The van der Waals surface area contributed by atoms with E-state index >= 15 is 0 Å². The summed E-state index contributed by atoms with van der Waals surface area (Å²) in [5, 5.41) is 13.1. The highest BCUT2D eigenvalue weighted by atomic mass is 16.5. The van der Waals surface area contributed by atoms with E-state index in [0.29, 0.717) is 18.3 Å². The quantitative estimate of drug-likeness (QED) is 0.857. The lowest BCUT2D eigenvalue weighted by atomic mass is 10.1. The molecule has 1 aliphatic heterocycles. The van der Waals surface area contributed by atoms with E-state index in [4.69, 9.17) is 9.26 Å². The van der Waals surface area contributed by atoms with Crippen molar-refractivity contribution in [2.24, 2.45) is 0 Å². The van der Waals surface area contributed by atoms with Gasteiger partial charge in [0.2, 0.25) is 11.7 Å². The maximum absolute atomic E-state index is 9.20. The lowest BCUT2D eigenvalue weighted by Crippen LogP contribution is -1.97. The van der Waals surface area contributed by atoms with E-state index in [1.165, 1.54) is 0 Å². The van der Waals surface area contributed by atoms with E-state index in [0.717, 1.165) is 18.6 Å². The zero-order valence-electron chi connectivity index (χ0n) is 9.17. The molecule has 3 rings (SSSR count). The molecule has 1 aliphatic rings. The standard InChI is InChI=1S/C12H12N2O3/c15-10-3-1-8(2-4-10)11-13-12(17-14-11)9-5-6-16-7-9/h1-4,9,15H,5-7H2. The Labute approximate surface area is 98.0 Å². The molecule has 1 aromatic heterocycles. The number of phenolic OH excluding ortho intramolecular Hbond substituents is 1. The summed E-state index contributed by atoms with van der Waals surface area (Å²) in [6.45, 7) is 1.40. The van der Waals surface area contributed by atoms with Crippen molar-refractivity contribution in [1.29, 1.82) is 0 Å². The largest absolute Gasteiger partial charge is 0.508 e. The van der Waals surface area contributed by atoms with Crippen LogP contribution in [0.25, 0.3) is 11.4 Å². The molecule has 0 radical (unpaired) electrons. The minimum Gasteiger partial charge on any atom is -0.508 e. The fourth-order valence-electron chi connectivity index (χ4n) is 1.86. The topological polar surface area (TPSA) is 68.4 Å². The Morgan fingerprint density at radius 1 is 1.24 bits per heavy atom. The smallest absolute Gasteiger partial charge is 0.232 e. The molecule has 1 aromatic carbocycles. The van der Waals surface area contributed by atoms with E-state index in [1.807, 2.05) is 0 Å². The average molecular weight is 232 g/mol. The van der Waals surface area contributed by atoms with Crippen molar-refractivity contribution in [1.82, 2.24) is 10.1 Å². The van der Waals surface area contributed by atoms with Crippen LogP contribution in [0.5, 0.6) is 5.75 Å². The molecule has 17 heavy (non-hydrogen) atoms. The first-order chi connectivity index (χ1) is 8.33. The third-order valence-corrected chi connectivity index (χ3v) is 2.85. The highest BCUT2D eigenvalue weighted by Gasteiger charge is 2.23. The van der Waals surface area contributed by atoms with E-state index in [9.17, 15) is 5.11 Å². The van der Waals surface area contributed by atoms with Crippen molar-refractivity contribution < 1.29 is 14.4 Å². The molecule has 2 aromatic rings. The fourth-order valence-corrected chi connectivity index (χ4v) is 1.86. The maximum atomic E-state index is 9.20. The van der Waals surface area contributed by atoms with Gasteiger partial charge in [0.15, 0.2) is 0 Å². The van der Waals surface area contributed by atoms with Crippen molar-refractivity contribution in [3.63, 3.8) is 0 Å². The molecule has 5 nitrogen and oxygen atoms in total. The van der Waals surface area contributed by atoms with Gasteiger partial charge in [0, 0.05) is 12.2 Å². The van der Waals surface area contributed by atoms with Gasteiger partial charge in [-0.05, 0) is 30.7 Å². The zero-order chi connectivity index (χ0) is 11.7. The Hall–Kier alpha value is -1.88. The Morgan fingerprint density at radius 2 is 2.06 bits per heavy atom. The number of nitrogens with zero attached hydrogens (tertiary/aromatic N) is 2. The molecule has 5 heteroatoms. The van der Waals surface area contributed by atoms with Gasteiger partial charge in [-0.15, -0.1) is 0 Å². The summed E-state index contributed by atoms with van der Waals surface area (Å²) in [4.78, 5) is 4.35. The molecule has 1 unspecified atom stereocenters. The summed E-state index contributed by atoms with van der Waals surface area (Å²) in [5.41, 5.74) is 0.830. The molecule has 1 saturated heterocycles. The first-order valence-electron chi connectivity index (χ1n) is 5.54. The van der Waals surface area contributed by atoms with Crippen LogP contribution in [0.1, 0.15) is 18.2 Å². The summed E-state index contributed by atoms with van der Waals surface area (Å²) < 4.78 is 10.5. The highest BCUT2D eigenvalue weighted by Crippen LogP contribution is 2.26. The molecule has 0 amide bonds. The first-order valence-corrected chi connectivity index (χ1v) is 5.54. The number of ether oxygens (including phenoxy) is 1. The summed E-state index contributed by atoms with van der Waals surface area (Å²) in [6.07, 6.45) is 0.928. The van der Waals surface area contributed by atoms with Gasteiger partial charge in [-0.2, -0.15) is 4.98 Å². The number of hydrogen-bond acceptors (Lipinski definition) is 5. The van der Waals surface area contributed by atoms with Gasteiger partial charge >= 0.3 is 0 Å². The number of phenols is 1. The molecule has 1 fully saturated rings. The van der Waals surface area contributed by atoms with Crippen LogP contribution >= 0.6 is 0 Å². The van der Waals surface area contributed by atoms with E-state index in [1.54, 1.807) is 24.3 Å². The highest BCUT2D eigenvalue weighted by molar-refractivity contribution is 5.55. The van der Waals surface area contributed by atoms with Gasteiger partial charge in [-0.3, -0.25) is 0 Å². The number of aromatic nitrogens is 2. The molecule has 2 heterocycles. The lowest BCUT2D eigenvalue weighted by Gasteiger charge is -1.97. The van der Waals surface area contributed by atoms with Gasteiger partial charge in [0.25, 0.3) is 0 Å². The van der Waals surface area contributed by atoms with Gasteiger partial charge in [-0.1, -0.05) is 5.16 Å². The van der Waals surface area contributed by atoms with E-state index in [-0.39, 0.29) is 11.7 Å². The number of rotatable bonds is 2. The predicted octanol–water partition coefficient (Wildman–Crippen LogP) is 1.95. The first kappa shape index (κ1) is 10.3.